The molecule has 0 bridgehead atoms. The van der Waals surface area contributed by atoms with Crippen molar-refractivity contribution in [1.29, 1.82) is 0 Å². The van der Waals surface area contributed by atoms with Gasteiger partial charge in [-0.2, -0.15) is 11.8 Å². The summed E-state index contributed by atoms with van der Waals surface area (Å²) in [5.74, 6) is 1.98. The van der Waals surface area contributed by atoms with Crippen LogP contribution in [0.5, 0.6) is 0 Å². The molecule has 0 aromatic heterocycles. The second-order valence-corrected chi connectivity index (χ2v) is 7.93. The average Bonchev–Trinajstić information content (AvgIpc) is 2.35. The largest absolute Gasteiger partial charge is 0.316 e. The minimum atomic E-state index is 0.393. The quantitative estimate of drug-likeness (QED) is 0.584. The summed E-state index contributed by atoms with van der Waals surface area (Å²) >= 11 is 1.97. The number of thioether (sulfide) groups is 1. The molecule has 0 rings (SSSR count). The minimum Gasteiger partial charge on any atom is -0.316 e. The lowest BCUT2D eigenvalue weighted by Gasteiger charge is -2.37. The van der Waals surface area contributed by atoms with Crippen LogP contribution in [0.3, 0.4) is 0 Å². The summed E-state index contributed by atoms with van der Waals surface area (Å²) in [7, 11) is 2.31. The Kier molecular flexibility index (Phi) is 11.1. The highest BCUT2D eigenvalue weighted by atomic mass is 32.2. The number of nitrogens with one attached hydrogen (secondary N) is 1. The summed E-state index contributed by atoms with van der Waals surface area (Å²) in [6, 6.07) is 0.714. The van der Waals surface area contributed by atoms with Gasteiger partial charge in [0.1, 0.15) is 0 Å². The van der Waals surface area contributed by atoms with Crippen LogP contribution in [-0.4, -0.2) is 49.6 Å². The van der Waals surface area contributed by atoms with Crippen LogP contribution in [0.1, 0.15) is 53.9 Å². The van der Waals surface area contributed by atoms with Gasteiger partial charge in [-0.05, 0) is 44.0 Å². The zero-order chi connectivity index (χ0) is 15.6. The molecule has 0 aliphatic carbocycles. The van der Waals surface area contributed by atoms with E-state index in [1.807, 2.05) is 11.8 Å². The van der Waals surface area contributed by atoms with Gasteiger partial charge in [-0.25, -0.2) is 0 Å². The highest BCUT2D eigenvalue weighted by Crippen LogP contribution is 2.25. The number of nitrogens with zero attached hydrogens (tertiary/aromatic N) is 1. The van der Waals surface area contributed by atoms with Crippen molar-refractivity contribution < 1.29 is 0 Å². The monoisotopic (exact) mass is 302 g/mol. The Morgan fingerprint density at radius 3 is 2.35 bits per heavy atom. The molecule has 2 nitrogen and oxygen atoms in total. The Hall–Kier alpha value is 0.270. The summed E-state index contributed by atoms with van der Waals surface area (Å²) in [5, 5.41) is 3.67. The zero-order valence-electron chi connectivity index (χ0n) is 15.0. The Balaban J connectivity index is 4.47. The number of rotatable bonds is 12. The van der Waals surface area contributed by atoms with Crippen LogP contribution in [0.4, 0.5) is 0 Å². The first kappa shape index (κ1) is 20.3. The summed E-state index contributed by atoms with van der Waals surface area (Å²) in [6.07, 6.45) is 6.04. The van der Waals surface area contributed by atoms with Crippen molar-refractivity contribution in [2.45, 2.75) is 59.9 Å². The first-order chi connectivity index (χ1) is 9.38. The first-order valence-corrected chi connectivity index (χ1v) is 9.67. The van der Waals surface area contributed by atoms with Gasteiger partial charge in [0.2, 0.25) is 0 Å². The fourth-order valence-electron chi connectivity index (χ4n) is 2.97. The van der Waals surface area contributed by atoms with Gasteiger partial charge in [-0.1, -0.05) is 41.0 Å². The molecule has 0 radical (unpaired) electrons. The maximum atomic E-state index is 3.67. The molecule has 0 aromatic carbocycles. The van der Waals surface area contributed by atoms with Crippen LogP contribution in [0.15, 0.2) is 0 Å². The Bertz CT molecular complexity index is 233. The van der Waals surface area contributed by atoms with Gasteiger partial charge in [-0.3, -0.25) is 0 Å². The summed E-state index contributed by atoms with van der Waals surface area (Å²) in [5.41, 5.74) is 0.393. The molecule has 0 aromatic rings. The number of hydrogen-bond acceptors (Lipinski definition) is 3. The maximum Gasteiger partial charge on any atom is 0.0180 e. The van der Waals surface area contributed by atoms with Crippen molar-refractivity contribution >= 4 is 11.8 Å². The molecule has 3 heteroatoms. The SMILES string of the molecule is CCCC(C)(CNCC(C)C)CN(C)C(CC)CSC. The first-order valence-electron chi connectivity index (χ1n) is 8.28. The van der Waals surface area contributed by atoms with E-state index in [1.165, 1.54) is 31.6 Å². The lowest BCUT2D eigenvalue weighted by Crippen LogP contribution is -2.45. The fraction of sp³-hybridized carbons (Fsp3) is 1.00. The van der Waals surface area contributed by atoms with Crippen LogP contribution < -0.4 is 5.32 Å². The van der Waals surface area contributed by atoms with Crippen LogP contribution in [-0.2, 0) is 0 Å². The lowest BCUT2D eigenvalue weighted by molar-refractivity contribution is 0.141. The highest BCUT2D eigenvalue weighted by Gasteiger charge is 2.27. The smallest absolute Gasteiger partial charge is 0.0180 e. The Morgan fingerprint density at radius 2 is 1.90 bits per heavy atom. The normalized spacial score (nSPS) is 16.6. The Labute approximate surface area is 132 Å². The van der Waals surface area contributed by atoms with Gasteiger partial charge in [0.25, 0.3) is 0 Å². The second-order valence-electron chi connectivity index (χ2n) is 7.02. The van der Waals surface area contributed by atoms with Crippen molar-refractivity contribution in [2.75, 3.05) is 38.7 Å². The van der Waals surface area contributed by atoms with E-state index >= 15 is 0 Å². The molecule has 2 unspecified atom stereocenters. The van der Waals surface area contributed by atoms with Crippen molar-refractivity contribution in [2.24, 2.45) is 11.3 Å². The molecule has 2 atom stereocenters. The van der Waals surface area contributed by atoms with Gasteiger partial charge in [0, 0.05) is 24.9 Å². The van der Waals surface area contributed by atoms with E-state index in [2.05, 4.69) is 58.1 Å². The van der Waals surface area contributed by atoms with Crippen LogP contribution in [0, 0.1) is 11.3 Å². The van der Waals surface area contributed by atoms with Crippen LogP contribution >= 0.6 is 11.8 Å². The van der Waals surface area contributed by atoms with E-state index in [-0.39, 0.29) is 0 Å². The summed E-state index contributed by atoms with van der Waals surface area (Å²) < 4.78 is 0. The molecule has 1 N–H and O–H groups in total. The third kappa shape index (κ3) is 8.53. The van der Waals surface area contributed by atoms with Crippen molar-refractivity contribution in [3.05, 3.63) is 0 Å². The van der Waals surface area contributed by atoms with E-state index in [9.17, 15) is 0 Å². The van der Waals surface area contributed by atoms with Crippen molar-refractivity contribution in [1.82, 2.24) is 10.2 Å². The molecule has 0 saturated heterocycles. The van der Waals surface area contributed by atoms with Crippen molar-refractivity contribution in [3.8, 4) is 0 Å². The van der Waals surface area contributed by atoms with Gasteiger partial charge < -0.3 is 10.2 Å². The average molecular weight is 303 g/mol. The third-order valence-electron chi connectivity index (χ3n) is 4.04. The summed E-state index contributed by atoms with van der Waals surface area (Å²) in [4.78, 5) is 2.59. The second kappa shape index (κ2) is 10.9. The molecular formula is C17H38N2S. The van der Waals surface area contributed by atoms with E-state index in [0.29, 0.717) is 11.5 Å². The van der Waals surface area contributed by atoms with E-state index in [4.69, 9.17) is 0 Å². The molecule has 0 fully saturated rings. The van der Waals surface area contributed by atoms with Gasteiger partial charge in [0.15, 0.2) is 0 Å². The molecule has 0 spiro atoms. The topological polar surface area (TPSA) is 15.3 Å². The molecular weight excluding hydrogens is 264 g/mol. The highest BCUT2D eigenvalue weighted by molar-refractivity contribution is 7.98. The molecule has 0 aliphatic heterocycles. The van der Waals surface area contributed by atoms with E-state index in [0.717, 1.165) is 19.0 Å². The molecule has 0 aliphatic rings. The van der Waals surface area contributed by atoms with Crippen LogP contribution in [0.25, 0.3) is 0 Å². The third-order valence-corrected chi connectivity index (χ3v) is 4.76. The van der Waals surface area contributed by atoms with E-state index in [1.54, 1.807) is 0 Å². The summed E-state index contributed by atoms with van der Waals surface area (Å²) in [6.45, 7) is 15.1. The Morgan fingerprint density at radius 1 is 1.25 bits per heavy atom. The predicted molar refractivity (Wildman–Crippen MR) is 95.8 cm³/mol. The minimum absolute atomic E-state index is 0.393. The molecule has 20 heavy (non-hydrogen) atoms. The van der Waals surface area contributed by atoms with Gasteiger partial charge in [0.05, 0.1) is 0 Å². The van der Waals surface area contributed by atoms with Gasteiger partial charge >= 0.3 is 0 Å². The van der Waals surface area contributed by atoms with E-state index < -0.39 is 0 Å². The standard InChI is InChI=1S/C17H38N2S/c1-8-10-17(5,13-18-11-15(3)4)14-19(6)16(9-2)12-20-7/h15-16,18H,8-14H2,1-7H3. The number of hydrogen-bond donors (Lipinski definition) is 1. The fourth-order valence-corrected chi connectivity index (χ4v) is 3.84. The lowest BCUT2D eigenvalue weighted by atomic mass is 9.84. The molecule has 0 saturated carbocycles. The van der Waals surface area contributed by atoms with Crippen molar-refractivity contribution in [3.63, 3.8) is 0 Å². The maximum absolute atomic E-state index is 3.67. The van der Waals surface area contributed by atoms with Crippen LogP contribution in [0.2, 0.25) is 0 Å². The molecule has 0 amide bonds. The molecule has 0 heterocycles. The predicted octanol–water partition coefficient (Wildman–Crippen LogP) is 4.11. The zero-order valence-corrected chi connectivity index (χ0v) is 15.8. The van der Waals surface area contributed by atoms with Gasteiger partial charge in [-0.15, -0.1) is 0 Å². The molecule has 122 valence electrons.